The molecule has 2 aliphatic rings. The molecule has 2 heteroatoms. The number of hydrogen-bond donors (Lipinski definition) is 1. The van der Waals surface area contributed by atoms with Crippen LogP contribution in [-0.2, 0) is 6.42 Å². The second kappa shape index (κ2) is 5.54. The van der Waals surface area contributed by atoms with Gasteiger partial charge in [-0.2, -0.15) is 0 Å². The molecule has 104 valence electrons. The second-order valence-electron chi connectivity index (χ2n) is 6.38. The maximum atomic E-state index is 6.31. The molecular weight excluding hydrogens is 232 g/mol. The van der Waals surface area contributed by atoms with Gasteiger partial charge in [-0.1, -0.05) is 37.5 Å². The smallest absolute Gasteiger partial charge is 0.0441 e. The summed E-state index contributed by atoms with van der Waals surface area (Å²) in [6, 6.07) is 9.67. The van der Waals surface area contributed by atoms with Gasteiger partial charge in [-0.05, 0) is 43.7 Å². The number of para-hydroxylation sites is 1. The Morgan fingerprint density at radius 1 is 1.26 bits per heavy atom. The van der Waals surface area contributed by atoms with Crippen LogP contribution >= 0.6 is 0 Å². The van der Waals surface area contributed by atoms with E-state index in [1.807, 2.05) is 0 Å². The summed E-state index contributed by atoms with van der Waals surface area (Å²) in [5, 5.41) is 0. The van der Waals surface area contributed by atoms with Crippen molar-refractivity contribution in [2.75, 3.05) is 11.4 Å². The van der Waals surface area contributed by atoms with Crippen LogP contribution < -0.4 is 10.6 Å². The third-order valence-electron chi connectivity index (χ3n) is 4.95. The lowest BCUT2D eigenvalue weighted by atomic mass is 9.79. The quantitative estimate of drug-likeness (QED) is 0.897. The van der Waals surface area contributed by atoms with E-state index >= 15 is 0 Å². The molecule has 0 unspecified atom stereocenters. The fourth-order valence-electron chi connectivity index (χ4n) is 3.60. The molecule has 1 saturated carbocycles. The Balaban J connectivity index is 1.82. The molecule has 0 saturated heterocycles. The van der Waals surface area contributed by atoms with Crippen molar-refractivity contribution in [2.24, 2.45) is 11.7 Å². The number of hydrogen-bond acceptors (Lipinski definition) is 2. The van der Waals surface area contributed by atoms with Gasteiger partial charge in [0.05, 0.1) is 0 Å². The van der Waals surface area contributed by atoms with Gasteiger partial charge in [-0.3, -0.25) is 0 Å². The largest absolute Gasteiger partial charge is 0.367 e. The number of anilines is 1. The molecule has 1 aromatic carbocycles. The highest BCUT2D eigenvalue weighted by Gasteiger charge is 2.30. The summed E-state index contributed by atoms with van der Waals surface area (Å²) >= 11 is 0. The van der Waals surface area contributed by atoms with Gasteiger partial charge < -0.3 is 10.6 Å². The third-order valence-corrected chi connectivity index (χ3v) is 4.95. The van der Waals surface area contributed by atoms with Crippen molar-refractivity contribution in [3.63, 3.8) is 0 Å². The van der Waals surface area contributed by atoms with E-state index < -0.39 is 0 Å². The van der Waals surface area contributed by atoms with Crippen molar-refractivity contribution in [1.82, 2.24) is 0 Å². The summed E-state index contributed by atoms with van der Waals surface area (Å²) in [5.41, 5.74) is 9.26. The first-order valence-corrected chi connectivity index (χ1v) is 7.86. The summed E-state index contributed by atoms with van der Waals surface area (Å²) < 4.78 is 0. The molecule has 1 heterocycles. The zero-order valence-corrected chi connectivity index (χ0v) is 12.0. The highest BCUT2D eigenvalue weighted by Crippen LogP contribution is 2.36. The van der Waals surface area contributed by atoms with Gasteiger partial charge in [-0.25, -0.2) is 0 Å². The average Bonchev–Trinajstić information content (AvgIpc) is 2.37. The number of nitrogens with zero attached hydrogens (tertiary/aromatic N) is 1. The minimum Gasteiger partial charge on any atom is -0.367 e. The predicted octanol–water partition coefficient (Wildman–Crippen LogP) is 3.35. The molecule has 1 fully saturated rings. The molecule has 0 bridgehead atoms. The molecule has 0 amide bonds. The lowest BCUT2D eigenvalue weighted by Crippen LogP contribution is -2.50. The lowest BCUT2D eigenvalue weighted by molar-refractivity contribution is 0.259. The standard InChI is InChI=1S/C17H26N2/c1-13(18)17(12-14-6-4-7-14)19-11-5-9-15-8-2-3-10-16(15)19/h2-3,8,10,13-14,17H,4-7,9,11-12,18H2,1H3/t13-,17-/m0/s1. The Morgan fingerprint density at radius 2 is 2.05 bits per heavy atom. The number of nitrogens with two attached hydrogens (primary N) is 1. The lowest BCUT2D eigenvalue weighted by Gasteiger charge is -2.42. The van der Waals surface area contributed by atoms with Gasteiger partial charge in [0.1, 0.15) is 0 Å². The molecule has 2 nitrogen and oxygen atoms in total. The van der Waals surface area contributed by atoms with Crippen LogP contribution in [0.1, 0.15) is 44.6 Å². The summed E-state index contributed by atoms with van der Waals surface area (Å²) in [7, 11) is 0. The van der Waals surface area contributed by atoms with Gasteiger partial charge in [0.15, 0.2) is 0 Å². The van der Waals surface area contributed by atoms with Crippen LogP contribution in [0, 0.1) is 5.92 Å². The monoisotopic (exact) mass is 258 g/mol. The first-order valence-electron chi connectivity index (χ1n) is 7.86. The van der Waals surface area contributed by atoms with Crippen molar-refractivity contribution in [3.8, 4) is 0 Å². The molecular formula is C17H26N2. The first kappa shape index (κ1) is 13.0. The van der Waals surface area contributed by atoms with Crippen molar-refractivity contribution in [1.29, 1.82) is 0 Å². The summed E-state index contributed by atoms with van der Waals surface area (Å²) in [6.07, 6.45) is 8.03. The summed E-state index contributed by atoms with van der Waals surface area (Å²) in [4.78, 5) is 2.60. The number of aryl methyl sites for hydroxylation is 1. The fraction of sp³-hybridized carbons (Fsp3) is 0.647. The summed E-state index contributed by atoms with van der Waals surface area (Å²) in [5.74, 6) is 0.921. The molecule has 1 aliphatic carbocycles. The second-order valence-corrected chi connectivity index (χ2v) is 6.38. The number of benzene rings is 1. The molecule has 0 radical (unpaired) electrons. The van der Waals surface area contributed by atoms with E-state index in [9.17, 15) is 0 Å². The van der Waals surface area contributed by atoms with Gasteiger partial charge >= 0.3 is 0 Å². The fourth-order valence-corrected chi connectivity index (χ4v) is 3.60. The Hall–Kier alpha value is -1.02. The Morgan fingerprint density at radius 3 is 2.74 bits per heavy atom. The van der Waals surface area contributed by atoms with Crippen molar-refractivity contribution < 1.29 is 0 Å². The van der Waals surface area contributed by atoms with Crippen LogP contribution in [0.5, 0.6) is 0 Å². The van der Waals surface area contributed by atoms with Crippen LogP contribution in [-0.4, -0.2) is 18.6 Å². The van der Waals surface area contributed by atoms with Crippen LogP contribution in [0.3, 0.4) is 0 Å². The van der Waals surface area contributed by atoms with Crippen molar-refractivity contribution in [3.05, 3.63) is 29.8 Å². The van der Waals surface area contributed by atoms with E-state index in [1.165, 1.54) is 56.3 Å². The number of fused-ring (bicyclic) bond motifs is 1. The summed E-state index contributed by atoms with van der Waals surface area (Å²) in [6.45, 7) is 3.36. The van der Waals surface area contributed by atoms with Gasteiger partial charge in [0, 0.05) is 24.3 Å². The minimum absolute atomic E-state index is 0.256. The normalized spacial score (nSPS) is 22.5. The molecule has 1 aromatic rings. The maximum absolute atomic E-state index is 6.31. The first-order chi connectivity index (χ1) is 9.25. The zero-order valence-electron chi connectivity index (χ0n) is 12.0. The molecule has 2 N–H and O–H groups in total. The van der Waals surface area contributed by atoms with Crippen LogP contribution in [0.4, 0.5) is 5.69 Å². The van der Waals surface area contributed by atoms with E-state index in [0.29, 0.717) is 6.04 Å². The van der Waals surface area contributed by atoms with E-state index in [0.717, 1.165) is 5.92 Å². The highest BCUT2D eigenvalue weighted by molar-refractivity contribution is 5.56. The third kappa shape index (κ3) is 2.64. The Bertz CT molecular complexity index is 423. The molecule has 3 rings (SSSR count). The van der Waals surface area contributed by atoms with E-state index in [1.54, 1.807) is 0 Å². The van der Waals surface area contributed by atoms with Crippen LogP contribution in [0.2, 0.25) is 0 Å². The maximum Gasteiger partial charge on any atom is 0.0441 e. The van der Waals surface area contributed by atoms with Crippen LogP contribution in [0.15, 0.2) is 24.3 Å². The topological polar surface area (TPSA) is 29.3 Å². The Kier molecular flexibility index (Phi) is 3.79. The highest BCUT2D eigenvalue weighted by atomic mass is 15.2. The average molecular weight is 258 g/mol. The molecule has 0 spiro atoms. The molecule has 19 heavy (non-hydrogen) atoms. The van der Waals surface area contributed by atoms with Gasteiger partial charge in [-0.15, -0.1) is 0 Å². The zero-order chi connectivity index (χ0) is 13.2. The SMILES string of the molecule is C[C@H](N)[C@H](CC1CCC1)N1CCCc2ccccc21. The van der Waals surface area contributed by atoms with Crippen molar-refractivity contribution >= 4 is 5.69 Å². The van der Waals surface area contributed by atoms with Crippen molar-refractivity contribution in [2.45, 2.75) is 57.5 Å². The van der Waals surface area contributed by atoms with Gasteiger partial charge in [0.25, 0.3) is 0 Å². The predicted molar refractivity (Wildman–Crippen MR) is 81.5 cm³/mol. The van der Waals surface area contributed by atoms with Crippen LogP contribution in [0.25, 0.3) is 0 Å². The molecule has 1 aliphatic heterocycles. The van der Waals surface area contributed by atoms with E-state index in [2.05, 4.69) is 36.1 Å². The van der Waals surface area contributed by atoms with E-state index in [4.69, 9.17) is 5.73 Å². The molecule has 2 atom stereocenters. The van der Waals surface area contributed by atoms with Gasteiger partial charge in [0.2, 0.25) is 0 Å². The number of rotatable bonds is 4. The van der Waals surface area contributed by atoms with E-state index in [-0.39, 0.29) is 6.04 Å². The minimum atomic E-state index is 0.256. The molecule has 0 aromatic heterocycles. The Labute approximate surface area is 117 Å².